The Morgan fingerprint density at radius 1 is 1.07 bits per heavy atom. The number of fused-ring (bicyclic) bond motifs is 1. The van der Waals surface area contributed by atoms with Crippen LogP contribution in [0.3, 0.4) is 0 Å². The van der Waals surface area contributed by atoms with Crippen molar-refractivity contribution in [2.75, 3.05) is 0 Å². The van der Waals surface area contributed by atoms with Crippen molar-refractivity contribution in [3.63, 3.8) is 0 Å². The zero-order valence-corrected chi connectivity index (χ0v) is 15.2. The van der Waals surface area contributed by atoms with Crippen LogP contribution < -0.4 is 5.32 Å². The number of nitrogens with one attached hydrogen (secondary N) is 1. The molecule has 0 aliphatic rings. The van der Waals surface area contributed by atoms with E-state index in [1.165, 1.54) is 23.5 Å². The van der Waals surface area contributed by atoms with Gasteiger partial charge in [0, 0.05) is 18.9 Å². The van der Waals surface area contributed by atoms with Crippen LogP contribution in [0.2, 0.25) is 0 Å². The minimum atomic E-state index is -4.41. The molecule has 0 aliphatic carbocycles. The zero-order chi connectivity index (χ0) is 19.7. The van der Waals surface area contributed by atoms with Gasteiger partial charge in [-0.1, -0.05) is 53.8 Å². The van der Waals surface area contributed by atoms with Gasteiger partial charge < -0.3 is 5.32 Å². The summed E-state index contributed by atoms with van der Waals surface area (Å²) in [6.07, 6.45) is -0.906. The number of imidazole rings is 1. The molecule has 0 radical (unpaired) electrons. The molecule has 0 saturated heterocycles. The first kappa shape index (κ1) is 18.2. The van der Waals surface area contributed by atoms with Crippen molar-refractivity contribution < 1.29 is 18.0 Å². The summed E-state index contributed by atoms with van der Waals surface area (Å²) in [4.78, 5) is 18.3. The Bertz CT molecular complexity index is 1100. The molecule has 28 heavy (non-hydrogen) atoms. The van der Waals surface area contributed by atoms with Crippen LogP contribution in [0.25, 0.3) is 15.4 Å². The van der Waals surface area contributed by atoms with Gasteiger partial charge in [0.25, 0.3) is 5.91 Å². The lowest BCUT2D eigenvalue weighted by atomic mass is 10.1. The SMILES string of the molecule is O=C(NCc1cccc(C(F)(F)F)c1)c1cn2cc(-c3ccccc3)sc2n1. The molecule has 8 heteroatoms. The number of hydrogen-bond acceptors (Lipinski definition) is 3. The number of amides is 1. The van der Waals surface area contributed by atoms with Crippen molar-refractivity contribution >= 4 is 22.2 Å². The molecule has 1 amide bonds. The lowest BCUT2D eigenvalue weighted by Gasteiger charge is -2.09. The molecule has 0 saturated carbocycles. The molecule has 4 nitrogen and oxygen atoms in total. The minimum Gasteiger partial charge on any atom is -0.347 e. The lowest BCUT2D eigenvalue weighted by molar-refractivity contribution is -0.137. The number of benzene rings is 2. The third kappa shape index (κ3) is 3.77. The Morgan fingerprint density at radius 2 is 1.86 bits per heavy atom. The second-order valence-corrected chi connectivity index (χ2v) is 7.17. The van der Waals surface area contributed by atoms with Gasteiger partial charge in [-0.2, -0.15) is 13.2 Å². The summed E-state index contributed by atoms with van der Waals surface area (Å²) < 4.78 is 40.1. The normalized spacial score (nSPS) is 11.7. The highest BCUT2D eigenvalue weighted by molar-refractivity contribution is 7.20. The fourth-order valence-corrected chi connectivity index (χ4v) is 3.74. The van der Waals surface area contributed by atoms with Crippen molar-refractivity contribution in [2.45, 2.75) is 12.7 Å². The highest BCUT2D eigenvalue weighted by atomic mass is 32.1. The van der Waals surface area contributed by atoms with E-state index in [0.29, 0.717) is 10.5 Å². The number of aromatic nitrogens is 2. The van der Waals surface area contributed by atoms with Crippen molar-refractivity contribution in [3.05, 3.63) is 83.8 Å². The summed E-state index contributed by atoms with van der Waals surface area (Å²) in [7, 11) is 0. The molecular weight excluding hydrogens is 387 g/mol. The summed E-state index contributed by atoms with van der Waals surface area (Å²) in [5.41, 5.74) is 0.914. The van der Waals surface area contributed by atoms with Crippen LogP contribution >= 0.6 is 11.3 Å². The van der Waals surface area contributed by atoms with Gasteiger partial charge in [-0.3, -0.25) is 9.20 Å². The number of nitrogens with zero attached hydrogens (tertiary/aromatic N) is 2. The van der Waals surface area contributed by atoms with Gasteiger partial charge in [-0.15, -0.1) is 0 Å². The molecule has 0 aliphatic heterocycles. The number of thiazole rings is 1. The molecule has 2 heterocycles. The van der Waals surface area contributed by atoms with Gasteiger partial charge in [0.1, 0.15) is 5.69 Å². The first-order valence-electron chi connectivity index (χ1n) is 8.38. The predicted octanol–water partition coefficient (Wildman–Crippen LogP) is 5.01. The van der Waals surface area contributed by atoms with Crippen LogP contribution in [0.1, 0.15) is 21.6 Å². The molecule has 4 aromatic rings. The van der Waals surface area contributed by atoms with E-state index in [1.807, 2.05) is 36.5 Å². The summed E-state index contributed by atoms with van der Waals surface area (Å²) in [5.74, 6) is -0.436. The van der Waals surface area contributed by atoms with Gasteiger partial charge in [-0.25, -0.2) is 4.98 Å². The zero-order valence-electron chi connectivity index (χ0n) is 14.4. The molecule has 2 aromatic heterocycles. The van der Waals surface area contributed by atoms with Crippen molar-refractivity contribution in [1.82, 2.24) is 14.7 Å². The Kier molecular flexibility index (Phi) is 4.64. The van der Waals surface area contributed by atoms with Gasteiger partial charge in [0.15, 0.2) is 4.96 Å². The summed E-state index contributed by atoms with van der Waals surface area (Å²) >= 11 is 1.45. The highest BCUT2D eigenvalue weighted by Crippen LogP contribution is 2.30. The van der Waals surface area contributed by atoms with Gasteiger partial charge in [0.05, 0.1) is 10.4 Å². The molecule has 0 bridgehead atoms. The van der Waals surface area contributed by atoms with Crippen LogP contribution in [-0.4, -0.2) is 15.3 Å². The Balaban J connectivity index is 1.47. The Labute approximate surface area is 162 Å². The molecule has 0 atom stereocenters. The first-order chi connectivity index (χ1) is 13.4. The molecule has 0 fully saturated rings. The first-order valence-corrected chi connectivity index (χ1v) is 9.20. The minimum absolute atomic E-state index is 0.0107. The monoisotopic (exact) mass is 401 g/mol. The third-order valence-electron chi connectivity index (χ3n) is 4.15. The molecule has 0 spiro atoms. The summed E-state index contributed by atoms with van der Waals surface area (Å²) in [6, 6.07) is 14.7. The highest BCUT2D eigenvalue weighted by Gasteiger charge is 2.30. The van der Waals surface area contributed by atoms with Gasteiger partial charge in [-0.05, 0) is 23.3 Å². The van der Waals surface area contributed by atoms with Gasteiger partial charge in [0.2, 0.25) is 0 Å². The van der Waals surface area contributed by atoms with Crippen molar-refractivity contribution in [1.29, 1.82) is 0 Å². The fourth-order valence-electron chi connectivity index (χ4n) is 2.77. The third-order valence-corrected chi connectivity index (χ3v) is 5.20. The number of halogens is 3. The number of rotatable bonds is 4. The fraction of sp³-hybridized carbons (Fsp3) is 0.100. The smallest absolute Gasteiger partial charge is 0.347 e. The number of carbonyl (C=O) groups is 1. The molecule has 0 unspecified atom stereocenters. The average Bonchev–Trinajstić information content (AvgIpc) is 3.26. The Hall–Kier alpha value is -3.13. The van der Waals surface area contributed by atoms with E-state index in [1.54, 1.807) is 10.6 Å². The standard InChI is InChI=1S/C20H14F3N3OS/c21-20(22,23)15-8-4-5-13(9-15)10-24-18(27)16-11-26-12-17(28-19(26)25-16)14-6-2-1-3-7-14/h1-9,11-12H,10H2,(H,24,27). The van der Waals surface area contributed by atoms with E-state index in [9.17, 15) is 18.0 Å². The van der Waals surface area contributed by atoms with Crippen LogP contribution in [0.15, 0.2) is 67.0 Å². The van der Waals surface area contributed by atoms with E-state index in [-0.39, 0.29) is 12.2 Å². The van der Waals surface area contributed by atoms with Gasteiger partial charge >= 0.3 is 6.18 Å². The molecule has 2 aromatic carbocycles. The second kappa shape index (κ2) is 7.12. The number of hydrogen-bond donors (Lipinski definition) is 1. The Morgan fingerprint density at radius 3 is 2.57 bits per heavy atom. The number of alkyl halides is 3. The number of carbonyl (C=O) groups excluding carboxylic acids is 1. The van der Waals surface area contributed by atoms with E-state index < -0.39 is 17.6 Å². The molecule has 142 valence electrons. The largest absolute Gasteiger partial charge is 0.416 e. The van der Waals surface area contributed by atoms with E-state index in [2.05, 4.69) is 10.3 Å². The molecular formula is C20H14F3N3OS. The van der Waals surface area contributed by atoms with Crippen molar-refractivity contribution in [3.8, 4) is 10.4 Å². The van der Waals surface area contributed by atoms with Crippen LogP contribution in [0, 0.1) is 0 Å². The summed E-state index contributed by atoms with van der Waals surface area (Å²) in [5, 5.41) is 2.61. The van der Waals surface area contributed by atoms with Crippen LogP contribution in [0.5, 0.6) is 0 Å². The maximum absolute atomic E-state index is 12.8. The van der Waals surface area contributed by atoms with E-state index in [4.69, 9.17) is 0 Å². The molecule has 1 N–H and O–H groups in total. The maximum atomic E-state index is 12.8. The van der Waals surface area contributed by atoms with Crippen molar-refractivity contribution in [2.24, 2.45) is 0 Å². The van der Waals surface area contributed by atoms with Crippen LogP contribution in [-0.2, 0) is 12.7 Å². The maximum Gasteiger partial charge on any atom is 0.416 e. The second-order valence-electron chi connectivity index (χ2n) is 6.16. The van der Waals surface area contributed by atoms with E-state index in [0.717, 1.165) is 22.6 Å². The lowest BCUT2D eigenvalue weighted by Crippen LogP contribution is -2.23. The van der Waals surface area contributed by atoms with E-state index >= 15 is 0 Å². The molecule has 4 rings (SSSR count). The quantitative estimate of drug-likeness (QED) is 0.522. The topological polar surface area (TPSA) is 46.4 Å². The summed E-state index contributed by atoms with van der Waals surface area (Å²) in [6.45, 7) is -0.0107. The average molecular weight is 401 g/mol. The van der Waals surface area contributed by atoms with Crippen LogP contribution in [0.4, 0.5) is 13.2 Å². The predicted molar refractivity (Wildman–Crippen MR) is 101 cm³/mol.